The van der Waals surface area contributed by atoms with Crippen LogP contribution in [0.1, 0.15) is 36.3 Å². The van der Waals surface area contributed by atoms with Crippen molar-refractivity contribution in [1.29, 1.82) is 5.26 Å². The normalized spacial score (nSPS) is 21.8. The molecule has 1 heterocycles. The molecule has 2 aromatic carbocycles. The molecule has 4 nitrogen and oxygen atoms in total. The Labute approximate surface area is 175 Å². The monoisotopic (exact) mass is 413 g/mol. The summed E-state index contributed by atoms with van der Waals surface area (Å²) in [5.74, 6) is 0.426. The van der Waals surface area contributed by atoms with Gasteiger partial charge in [0.25, 0.3) is 0 Å². The standard InChI is InChI=1S/C22H21Cl2N3O/c23-20-6-3-15(11-21(20)24)18-12-19(18)22(28)26-16-7-9-27(10-8-16)17-4-1-14(13-25)2-5-17/h1-6,11,16,18-19H,7-10,12H2,(H,26,28). The van der Waals surface area contributed by atoms with Crippen molar-refractivity contribution in [1.82, 2.24) is 5.32 Å². The van der Waals surface area contributed by atoms with Crippen molar-refractivity contribution in [2.75, 3.05) is 18.0 Å². The Bertz CT molecular complexity index is 914. The average Bonchev–Trinajstić information content (AvgIpc) is 3.52. The van der Waals surface area contributed by atoms with Gasteiger partial charge in [-0.1, -0.05) is 29.3 Å². The van der Waals surface area contributed by atoms with Crippen LogP contribution >= 0.6 is 23.2 Å². The summed E-state index contributed by atoms with van der Waals surface area (Å²) in [5.41, 5.74) is 2.89. The van der Waals surface area contributed by atoms with E-state index in [9.17, 15) is 4.79 Å². The van der Waals surface area contributed by atoms with Crippen LogP contribution in [0.4, 0.5) is 5.69 Å². The number of hydrogen-bond acceptors (Lipinski definition) is 3. The summed E-state index contributed by atoms with van der Waals surface area (Å²) < 4.78 is 0. The van der Waals surface area contributed by atoms with E-state index in [0.717, 1.165) is 43.6 Å². The summed E-state index contributed by atoms with van der Waals surface area (Å²) in [6.45, 7) is 1.80. The molecule has 28 heavy (non-hydrogen) atoms. The second-order valence-electron chi connectivity index (χ2n) is 7.55. The predicted molar refractivity (Wildman–Crippen MR) is 112 cm³/mol. The molecule has 2 aliphatic rings. The first-order chi connectivity index (χ1) is 13.5. The highest BCUT2D eigenvalue weighted by Gasteiger charge is 2.44. The fourth-order valence-corrected chi connectivity index (χ4v) is 4.24. The van der Waals surface area contributed by atoms with Gasteiger partial charge in [-0.05, 0) is 67.1 Å². The molecule has 1 N–H and O–H groups in total. The largest absolute Gasteiger partial charge is 0.371 e. The fourth-order valence-electron chi connectivity index (χ4n) is 3.93. The zero-order chi connectivity index (χ0) is 19.7. The summed E-state index contributed by atoms with van der Waals surface area (Å²) in [6, 6.07) is 15.7. The van der Waals surface area contributed by atoms with Crippen molar-refractivity contribution in [3.8, 4) is 6.07 Å². The van der Waals surface area contributed by atoms with Crippen molar-refractivity contribution < 1.29 is 4.79 Å². The molecule has 0 spiro atoms. The van der Waals surface area contributed by atoms with E-state index in [-0.39, 0.29) is 23.8 Å². The lowest BCUT2D eigenvalue weighted by Crippen LogP contribution is -2.45. The summed E-state index contributed by atoms with van der Waals surface area (Å²) in [4.78, 5) is 14.9. The number of piperidine rings is 1. The van der Waals surface area contributed by atoms with Crippen molar-refractivity contribution in [3.63, 3.8) is 0 Å². The van der Waals surface area contributed by atoms with Crippen molar-refractivity contribution in [2.45, 2.75) is 31.2 Å². The van der Waals surface area contributed by atoms with Gasteiger partial charge in [-0.2, -0.15) is 5.26 Å². The lowest BCUT2D eigenvalue weighted by atomic mass is 10.0. The number of halogens is 2. The third kappa shape index (κ3) is 4.11. The Morgan fingerprint density at radius 2 is 1.79 bits per heavy atom. The van der Waals surface area contributed by atoms with Crippen LogP contribution in [0.15, 0.2) is 42.5 Å². The van der Waals surface area contributed by atoms with Crippen LogP contribution in [0.2, 0.25) is 10.0 Å². The third-order valence-electron chi connectivity index (χ3n) is 5.70. The van der Waals surface area contributed by atoms with Gasteiger partial charge in [0.2, 0.25) is 5.91 Å². The van der Waals surface area contributed by atoms with E-state index in [1.165, 1.54) is 0 Å². The highest BCUT2D eigenvalue weighted by atomic mass is 35.5. The molecule has 1 saturated heterocycles. The Kier molecular flexibility index (Phi) is 5.48. The van der Waals surface area contributed by atoms with E-state index in [1.54, 1.807) is 6.07 Å². The Morgan fingerprint density at radius 1 is 1.07 bits per heavy atom. The molecule has 0 bridgehead atoms. The van der Waals surface area contributed by atoms with Crippen LogP contribution < -0.4 is 10.2 Å². The molecule has 2 atom stereocenters. The number of benzene rings is 2. The zero-order valence-corrected chi connectivity index (χ0v) is 16.9. The number of nitrogens with one attached hydrogen (secondary N) is 1. The summed E-state index contributed by atoms with van der Waals surface area (Å²) >= 11 is 12.1. The maximum absolute atomic E-state index is 12.6. The lowest BCUT2D eigenvalue weighted by Gasteiger charge is -2.34. The SMILES string of the molecule is N#Cc1ccc(N2CCC(NC(=O)C3CC3c3ccc(Cl)c(Cl)c3)CC2)cc1. The van der Waals surface area contributed by atoms with Crippen molar-refractivity contribution in [2.24, 2.45) is 5.92 Å². The number of amides is 1. The van der Waals surface area contributed by atoms with E-state index in [2.05, 4.69) is 16.3 Å². The van der Waals surface area contributed by atoms with Crippen LogP contribution in [0.25, 0.3) is 0 Å². The molecule has 0 aromatic heterocycles. The molecule has 1 saturated carbocycles. The van der Waals surface area contributed by atoms with Gasteiger partial charge < -0.3 is 10.2 Å². The molecule has 2 aromatic rings. The highest BCUT2D eigenvalue weighted by Crippen LogP contribution is 2.48. The number of nitrogens with zero attached hydrogens (tertiary/aromatic N) is 2. The van der Waals surface area contributed by atoms with Crippen LogP contribution in [-0.4, -0.2) is 25.0 Å². The van der Waals surface area contributed by atoms with Gasteiger partial charge in [-0.3, -0.25) is 4.79 Å². The van der Waals surface area contributed by atoms with E-state index < -0.39 is 0 Å². The minimum absolute atomic E-state index is 0.0359. The van der Waals surface area contributed by atoms with E-state index in [0.29, 0.717) is 15.6 Å². The molecule has 4 rings (SSSR count). The second kappa shape index (κ2) is 8.03. The minimum atomic E-state index is 0.0359. The van der Waals surface area contributed by atoms with E-state index in [1.807, 2.05) is 36.4 Å². The van der Waals surface area contributed by atoms with Crippen molar-refractivity contribution >= 4 is 34.8 Å². The number of carbonyl (C=O) groups excluding carboxylic acids is 1. The minimum Gasteiger partial charge on any atom is -0.371 e. The average molecular weight is 414 g/mol. The number of nitriles is 1. The second-order valence-corrected chi connectivity index (χ2v) is 8.37. The molecule has 6 heteroatoms. The fraction of sp³-hybridized carbons (Fsp3) is 0.364. The summed E-state index contributed by atoms with van der Waals surface area (Å²) in [5, 5.41) is 13.2. The van der Waals surface area contributed by atoms with Gasteiger partial charge in [-0.25, -0.2) is 0 Å². The van der Waals surface area contributed by atoms with E-state index in [4.69, 9.17) is 28.5 Å². The number of rotatable bonds is 4. The Hall–Kier alpha value is -2.22. The Balaban J connectivity index is 1.27. The third-order valence-corrected chi connectivity index (χ3v) is 6.44. The molecule has 0 radical (unpaired) electrons. The molecule has 2 fully saturated rings. The van der Waals surface area contributed by atoms with Crippen LogP contribution in [-0.2, 0) is 4.79 Å². The first kappa shape index (κ1) is 19.1. The van der Waals surface area contributed by atoms with E-state index >= 15 is 0 Å². The quantitative estimate of drug-likeness (QED) is 0.786. The first-order valence-electron chi connectivity index (χ1n) is 9.55. The van der Waals surface area contributed by atoms with Crippen molar-refractivity contribution in [3.05, 3.63) is 63.6 Å². The molecule has 1 amide bonds. The van der Waals surface area contributed by atoms with Gasteiger partial charge in [0.15, 0.2) is 0 Å². The smallest absolute Gasteiger partial charge is 0.223 e. The number of anilines is 1. The maximum Gasteiger partial charge on any atom is 0.223 e. The number of hydrogen-bond donors (Lipinski definition) is 1. The molecular formula is C22H21Cl2N3O. The van der Waals surface area contributed by atoms with Gasteiger partial charge in [0.1, 0.15) is 0 Å². The van der Waals surface area contributed by atoms with Gasteiger partial charge >= 0.3 is 0 Å². The van der Waals surface area contributed by atoms with Gasteiger partial charge in [-0.15, -0.1) is 0 Å². The van der Waals surface area contributed by atoms with Crippen LogP contribution in [0, 0.1) is 17.2 Å². The van der Waals surface area contributed by atoms with Gasteiger partial charge in [0, 0.05) is 30.7 Å². The molecule has 1 aliphatic carbocycles. The molecule has 144 valence electrons. The molecular weight excluding hydrogens is 393 g/mol. The Morgan fingerprint density at radius 3 is 2.43 bits per heavy atom. The first-order valence-corrected chi connectivity index (χ1v) is 10.3. The summed E-state index contributed by atoms with van der Waals surface area (Å²) in [7, 11) is 0. The lowest BCUT2D eigenvalue weighted by molar-refractivity contribution is -0.123. The van der Waals surface area contributed by atoms with Gasteiger partial charge in [0.05, 0.1) is 21.7 Å². The van der Waals surface area contributed by atoms with Crippen LogP contribution in [0.3, 0.4) is 0 Å². The zero-order valence-electron chi connectivity index (χ0n) is 15.4. The number of carbonyl (C=O) groups is 1. The topological polar surface area (TPSA) is 56.1 Å². The molecule has 1 aliphatic heterocycles. The van der Waals surface area contributed by atoms with Crippen LogP contribution in [0.5, 0.6) is 0 Å². The summed E-state index contributed by atoms with van der Waals surface area (Å²) in [6.07, 6.45) is 2.72. The maximum atomic E-state index is 12.6. The molecule has 2 unspecified atom stereocenters. The predicted octanol–water partition coefficient (Wildman–Crippen LogP) is 4.75. The highest BCUT2D eigenvalue weighted by molar-refractivity contribution is 6.42.